The van der Waals surface area contributed by atoms with Crippen molar-refractivity contribution in [2.75, 3.05) is 38.7 Å². The first-order chi connectivity index (χ1) is 16.8. The Morgan fingerprint density at radius 1 is 1.06 bits per heavy atom. The number of benzene rings is 3. The van der Waals surface area contributed by atoms with Gasteiger partial charge < -0.3 is 14.8 Å². The fourth-order valence-corrected chi connectivity index (χ4v) is 4.89. The Bertz CT molecular complexity index is 1330. The van der Waals surface area contributed by atoms with Crippen molar-refractivity contribution >= 4 is 21.6 Å². The number of sulfonamides is 1. The van der Waals surface area contributed by atoms with Gasteiger partial charge in [0.2, 0.25) is 10.0 Å². The molecule has 1 amide bonds. The van der Waals surface area contributed by atoms with Gasteiger partial charge in [0.05, 0.1) is 20.3 Å². The summed E-state index contributed by atoms with van der Waals surface area (Å²) < 4.78 is 34.0. The van der Waals surface area contributed by atoms with E-state index in [0.717, 1.165) is 49.5 Å². The Morgan fingerprint density at radius 2 is 1.80 bits per heavy atom. The highest BCUT2D eigenvalue weighted by molar-refractivity contribution is 7.89. The summed E-state index contributed by atoms with van der Waals surface area (Å²) in [6, 6.07) is 18.2. The molecule has 0 atom stereocenters. The number of amides is 1. The van der Waals surface area contributed by atoms with Gasteiger partial charge in [0.25, 0.3) is 5.91 Å². The Balaban J connectivity index is 1.54. The molecule has 4 rings (SSSR count). The van der Waals surface area contributed by atoms with Crippen molar-refractivity contribution < 1.29 is 22.7 Å². The van der Waals surface area contributed by atoms with Gasteiger partial charge in [0.1, 0.15) is 10.6 Å². The average molecular weight is 496 g/mol. The van der Waals surface area contributed by atoms with Crippen molar-refractivity contribution in [3.8, 4) is 16.9 Å². The quantitative estimate of drug-likeness (QED) is 0.520. The maximum atomic E-state index is 12.8. The zero-order valence-corrected chi connectivity index (χ0v) is 20.6. The van der Waals surface area contributed by atoms with E-state index in [4.69, 9.17) is 14.6 Å². The van der Waals surface area contributed by atoms with Crippen molar-refractivity contribution in [1.29, 1.82) is 0 Å². The highest BCUT2D eigenvalue weighted by Gasteiger charge is 2.18. The minimum Gasteiger partial charge on any atom is -0.495 e. The van der Waals surface area contributed by atoms with E-state index in [0.29, 0.717) is 5.69 Å². The summed E-state index contributed by atoms with van der Waals surface area (Å²) in [5, 5.41) is 8.08. The van der Waals surface area contributed by atoms with E-state index in [9.17, 15) is 13.2 Å². The van der Waals surface area contributed by atoms with Crippen LogP contribution < -0.4 is 15.2 Å². The number of nitrogens with one attached hydrogen (secondary N) is 1. The molecule has 3 aromatic carbocycles. The van der Waals surface area contributed by atoms with Gasteiger partial charge in [-0.15, -0.1) is 0 Å². The number of aryl methyl sites for hydroxylation is 1. The summed E-state index contributed by atoms with van der Waals surface area (Å²) in [5.41, 5.74) is 5.43. The topological polar surface area (TPSA) is 111 Å². The van der Waals surface area contributed by atoms with Gasteiger partial charge in [0, 0.05) is 30.9 Å². The number of methoxy groups -OCH3 is 1. The number of anilines is 1. The molecule has 0 bridgehead atoms. The third kappa shape index (κ3) is 5.88. The molecular weight excluding hydrogens is 466 g/mol. The molecule has 1 heterocycles. The van der Waals surface area contributed by atoms with Crippen LogP contribution >= 0.6 is 0 Å². The number of carbonyl (C=O) groups is 1. The molecule has 3 aromatic rings. The summed E-state index contributed by atoms with van der Waals surface area (Å²) >= 11 is 0. The largest absolute Gasteiger partial charge is 0.495 e. The van der Waals surface area contributed by atoms with Gasteiger partial charge in [-0.05, 0) is 59.5 Å². The summed E-state index contributed by atoms with van der Waals surface area (Å²) in [5.74, 6) is -0.368. The molecule has 8 nitrogen and oxygen atoms in total. The molecule has 3 N–H and O–H groups in total. The van der Waals surface area contributed by atoms with E-state index >= 15 is 0 Å². The molecule has 0 aromatic heterocycles. The molecule has 1 aliphatic rings. The number of hydrogen-bond acceptors (Lipinski definition) is 6. The maximum Gasteiger partial charge on any atom is 0.255 e. The van der Waals surface area contributed by atoms with E-state index in [1.54, 1.807) is 0 Å². The predicted molar refractivity (Wildman–Crippen MR) is 135 cm³/mol. The number of morpholine rings is 1. The lowest BCUT2D eigenvalue weighted by Gasteiger charge is -2.27. The molecule has 0 radical (unpaired) electrons. The van der Waals surface area contributed by atoms with Crippen molar-refractivity contribution in [1.82, 2.24) is 4.90 Å². The number of ether oxygens (including phenoxy) is 2. The van der Waals surface area contributed by atoms with Crippen LogP contribution in [0.3, 0.4) is 0 Å². The van der Waals surface area contributed by atoms with Crippen LogP contribution in [0.15, 0.2) is 65.6 Å². The number of hydrogen-bond donors (Lipinski definition) is 2. The number of nitrogens with two attached hydrogens (primary N) is 1. The minimum absolute atomic E-state index is 0.0172. The van der Waals surface area contributed by atoms with E-state index < -0.39 is 10.0 Å². The van der Waals surface area contributed by atoms with Crippen LogP contribution in [-0.2, 0) is 21.3 Å². The summed E-state index contributed by atoms with van der Waals surface area (Å²) in [6.07, 6.45) is 0. The molecule has 0 spiro atoms. The molecule has 1 saturated heterocycles. The molecular formula is C26H29N3O5S. The summed E-state index contributed by atoms with van der Waals surface area (Å²) in [4.78, 5) is 15.0. The van der Waals surface area contributed by atoms with Gasteiger partial charge >= 0.3 is 0 Å². The van der Waals surface area contributed by atoms with Crippen molar-refractivity contribution in [2.45, 2.75) is 18.4 Å². The highest BCUT2D eigenvalue weighted by atomic mass is 32.2. The van der Waals surface area contributed by atoms with E-state index in [1.807, 2.05) is 31.2 Å². The van der Waals surface area contributed by atoms with Gasteiger partial charge in [-0.25, -0.2) is 13.6 Å². The first kappa shape index (κ1) is 24.9. The van der Waals surface area contributed by atoms with Crippen LogP contribution in [0.4, 0.5) is 5.69 Å². The van der Waals surface area contributed by atoms with Crippen LogP contribution in [0.1, 0.15) is 21.5 Å². The zero-order chi connectivity index (χ0) is 25.0. The van der Waals surface area contributed by atoms with Gasteiger partial charge in [-0.2, -0.15) is 0 Å². The number of nitrogens with zero attached hydrogens (tertiary/aromatic N) is 1. The minimum atomic E-state index is -3.96. The monoisotopic (exact) mass is 495 g/mol. The van der Waals surface area contributed by atoms with Gasteiger partial charge in [-0.3, -0.25) is 9.69 Å². The van der Waals surface area contributed by atoms with Gasteiger partial charge in [-0.1, -0.05) is 30.3 Å². The van der Waals surface area contributed by atoms with Crippen molar-refractivity contribution in [3.63, 3.8) is 0 Å². The zero-order valence-electron chi connectivity index (χ0n) is 19.8. The average Bonchev–Trinajstić information content (AvgIpc) is 2.84. The Morgan fingerprint density at radius 3 is 2.49 bits per heavy atom. The second kappa shape index (κ2) is 10.6. The smallest absolute Gasteiger partial charge is 0.255 e. The Labute approximate surface area is 205 Å². The van der Waals surface area contributed by atoms with Crippen LogP contribution in [0.2, 0.25) is 0 Å². The summed E-state index contributed by atoms with van der Waals surface area (Å²) in [7, 11) is -2.64. The number of rotatable bonds is 7. The molecule has 35 heavy (non-hydrogen) atoms. The van der Waals surface area contributed by atoms with Gasteiger partial charge in [0.15, 0.2) is 0 Å². The van der Waals surface area contributed by atoms with Crippen LogP contribution in [0.5, 0.6) is 5.75 Å². The van der Waals surface area contributed by atoms with E-state index in [2.05, 4.69) is 28.4 Å². The molecule has 184 valence electrons. The normalized spacial score (nSPS) is 14.5. The first-order valence-electron chi connectivity index (χ1n) is 11.3. The van der Waals surface area contributed by atoms with Crippen LogP contribution in [0.25, 0.3) is 11.1 Å². The Hall–Kier alpha value is -3.24. The van der Waals surface area contributed by atoms with Crippen LogP contribution in [-0.4, -0.2) is 52.6 Å². The SMILES string of the molecule is COc1cc(C(=O)Nc2ccc(-c3ccccc3CN3CCOCC3)c(C)c2)ccc1S(N)(=O)=O. The summed E-state index contributed by atoms with van der Waals surface area (Å²) in [6.45, 7) is 6.22. The van der Waals surface area contributed by atoms with E-state index in [-0.39, 0.29) is 22.1 Å². The fraction of sp³-hybridized carbons (Fsp3) is 0.269. The van der Waals surface area contributed by atoms with E-state index in [1.165, 1.54) is 30.9 Å². The third-order valence-corrected chi connectivity index (χ3v) is 6.97. The predicted octanol–water partition coefficient (Wildman–Crippen LogP) is 3.40. The maximum absolute atomic E-state index is 12.8. The molecule has 1 aliphatic heterocycles. The standard InChI is InChI=1S/C26H29N3O5S/c1-18-15-21(28-26(30)19-7-10-25(35(27,31)32)24(16-19)33-2)8-9-22(18)23-6-4-3-5-20(23)17-29-11-13-34-14-12-29/h3-10,15-16H,11-14,17H2,1-2H3,(H,28,30)(H2,27,31,32). The molecule has 9 heteroatoms. The molecule has 0 aliphatic carbocycles. The fourth-order valence-electron chi connectivity index (χ4n) is 4.21. The molecule has 0 unspecified atom stereocenters. The second-order valence-corrected chi connectivity index (χ2v) is 9.97. The molecule has 0 saturated carbocycles. The molecule has 1 fully saturated rings. The lowest BCUT2D eigenvalue weighted by molar-refractivity contribution is 0.0342. The lowest BCUT2D eigenvalue weighted by atomic mass is 9.95. The first-order valence-corrected chi connectivity index (χ1v) is 12.8. The van der Waals surface area contributed by atoms with Crippen molar-refractivity contribution in [3.05, 3.63) is 77.4 Å². The highest BCUT2D eigenvalue weighted by Crippen LogP contribution is 2.30. The second-order valence-electron chi connectivity index (χ2n) is 8.44. The lowest BCUT2D eigenvalue weighted by Crippen LogP contribution is -2.35. The Kier molecular flexibility index (Phi) is 7.51. The van der Waals surface area contributed by atoms with Crippen molar-refractivity contribution in [2.24, 2.45) is 5.14 Å². The van der Waals surface area contributed by atoms with Crippen LogP contribution in [0, 0.1) is 6.92 Å². The number of primary sulfonamides is 1. The third-order valence-electron chi connectivity index (χ3n) is 6.02. The number of carbonyl (C=O) groups excluding carboxylic acids is 1.